The van der Waals surface area contributed by atoms with Crippen LogP contribution in [-0.4, -0.2) is 39.1 Å². The first-order chi connectivity index (χ1) is 15.1. The minimum absolute atomic E-state index is 0.00637. The molecule has 0 spiro atoms. The van der Waals surface area contributed by atoms with Crippen molar-refractivity contribution < 1.29 is 18.0 Å². The van der Waals surface area contributed by atoms with E-state index in [4.69, 9.17) is 42.6 Å². The molecule has 168 valence electrons. The molecule has 3 rings (SSSR count). The standard InChI is InChI=1S/C22H19BCl3F3N2O/c23-17-9-12(1-3-15(17)21(32)31-14-5-7-30-8-6-14)2-4-16(22(27,28)29)13-10-18(24)20(26)19(25)11-13/h1-4,9-11,14,16,30H,5-8H2,(H,31,32)/b4-2+. The Morgan fingerprint density at radius 3 is 2.31 bits per heavy atom. The molecule has 1 unspecified atom stereocenters. The minimum atomic E-state index is -4.59. The summed E-state index contributed by atoms with van der Waals surface area (Å²) in [5.41, 5.74) is 0.740. The number of benzene rings is 2. The zero-order valence-corrected chi connectivity index (χ0v) is 19.0. The second kappa shape index (κ2) is 10.5. The Morgan fingerprint density at radius 2 is 1.75 bits per heavy atom. The molecule has 2 N–H and O–H groups in total. The van der Waals surface area contributed by atoms with Gasteiger partial charge in [-0.25, -0.2) is 0 Å². The van der Waals surface area contributed by atoms with Crippen molar-refractivity contribution in [3.63, 3.8) is 0 Å². The van der Waals surface area contributed by atoms with Crippen LogP contribution in [0.2, 0.25) is 15.1 Å². The fourth-order valence-electron chi connectivity index (χ4n) is 3.49. The summed E-state index contributed by atoms with van der Waals surface area (Å²) in [6.07, 6.45) is -0.663. The van der Waals surface area contributed by atoms with Crippen molar-refractivity contribution in [1.82, 2.24) is 10.6 Å². The second-order valence-electron chi connectivity index (χ2n) is 7.52. The maximum absolute atomic E-state index is 13.7. The van der Waals surface area contributed by atoms with Crippen molar-refractivity contribution in [1.29, 1.82) is 0 Å². The highest BCUT2D eigenvalue weighted by molar-refractivity contribution is 6.48. The van der Waals surface area contributed by atoms with Gasteiger partial charge in [0.25, 0.3) is 5.91 Å². The normalized spacial score (nSPS) is 16.3. The average Bonchev–Trinajstić information content (AvgIpc) is 2.71. The molecule has 1 amide bonds. The third-order valence-electron chi connectivity index (χ3n) is 5.19. The van der Waals surface area contributed by atoms with Gasteiger partial charge in [0, 0.05) is 11.6 Å². The van der Waals surface area contributed by atoms with E-state index < -0.39 is 12.1 Å². The topological polar surface area (TPSA) is 41.1 Å². The lowest BCUT2D eigenvalue weighted by Crippen LogP contribution is -2.43. The maximum Gasteiger partial charge on any atom is 0.399 e. The van der Waals surface area contributed by atoms with Crippen molar-refractivity contribution >= 4 is 60.1 Å². The van der Waals surface area contributed by atoms with Gasteiger partial charge in [0.2, 0.25) is 0 Å². The Morgan fingerprint density at radius 1 is 1.12 bits per heavy atom. The predicted octanol–water partition coefficient (Wildman–Crippen LogP) is 5.28. The molecule has 32 heavy (non-hydrogen) atoms. The third kappa shape index (κ3) is 6.22. The summed E-state index contributed by atoms with van der Waals surface area (Å²) >= 11 is 17.7. The van der Waals surface area contributed by atoms with Gasteiger partial charge in [-0.15, -0.1) is 0 Å². The largest absolute Gasteiger partial charge is 0.399 e. The van der Waals surface area contributed by atoms with Gasteiger partial charge in [-0.1, -0.05) is 64.6 Å². The van der Waals surface area contributed by atoms with Gasteiger partial charge in [-0.3, -0.25) is 4.79 Å². The molecule has 2 aromatic rings. The molecule has 1 heterocycles. The summed E-state index contributed by atoms with van der Waals surface area (Å²) < 4.78 is 41.1. The van der Waals surface area contributed by atoms with Gasteiger partial charge in [0.15, 0.2) is 0 Å². The molecule has 2 radical (unpaired) electrons. The second-order valence-corrected chi connectivity index (χ2v) is 8.71. The third-order valence-corrected chi connectivity index (χ3v) is 6.39. The van der Waals surface area contributed by atoms with E-state index >= 15 is 0 Å². The first-order valence-corrected chi connectivity index (χ1v) is 11.0. The predicted molar refractivity (Wildman–Crippen MR) is 124 cm³/mol. The zero-order valence-electron chi connectivity index (χ0n) is 16.8. The van der Waals surface area contributed by atoms with Crippen molar-refractivity contribution in [2.45, 2.75) is 31.0 Å². The van der Waals surface area contributed by atoms with Crippen molar-refractivity contribution in [2.24, 2.45) is 0 Å². The number of nitrogens with one attached hydrogen (secondary N) is 2. The smallest absolute Gasteiger partial charge is 0.349 e. The number of allylic oxidation sites excluding steroid dienone is 1. The van der Waals surface area contributed by atoms with Crippen LogP contribution in [0.15, 0.2) is 36.4 Å². The number of piperidine rings is 1. The first-order valence-electron chi connectivity index (χ1n) is 9.86. The fraction of sp³-hybridized carbons (Fsp3) is 0.318. The van der Waals surface area contributed by atoms with E-state index in [2.05, 4.69) is 10.6 Å². The molecule has 1 fully saturated rings. The van der Waals surface area contributed by atoms with Crippen molar-refractivity contribution in [2.75, 3.05) is 13.1 Å². The van der Waals surface area contributed by atoms with Crippen LogP contribution < -0.4 is 16.1 Å². The SMILES string of the molecule is [B]c1cc(/C=C/C(c2cc(Cl)c(Cl)c(Cl)c2)C(F)(F)F)ccc1C(=O)NC1CCNCC1. The van der Waals surface area contributed by atoms with Crippen LogP contribution in [-0.2, 0) is 0 Å². The number of halogens is 6. The van der Waals surface area contributed by atoms with Crippen LogP contribution in [0.5, 0.6) is 0 Å². The highest BCUT2D eigenvalue weighted by atomic mass is 35.5. The van der Waals surface area contributed by atoms with Crippen molar-refractivity contribution in [3.8, 4) is 0 Å². The van der Waals surface area contributed by atoms with E-state index in [0.717, 1.165) is 44.1 Å². The van der Waals surface area contributed by atoms with Crippen LogP contribution in [0.1, 0.15) is 40.2 Å². The van der Waals surface area contributed by atoms with Crippen LogP contribution >= 0.6 is 34.8 Å². The van der Waals surface area contributed by atoms with Crippen LogP contribution in [0.3, 0.4) is 0 Å². The summed E-state index contributed by atoms with van der Waals surface area (Å²) in [7, 11) is 6.01. The quantitative estimate of drug-likeness (QED) is 0.432. The van der Waals surface area contributed by atoms with E-state index in [9.17, 15) is 18.0 Å². The average molecular weight is 502 g/mol. The summed E-state index contributed by atoms with van der Waals surface area (Å²) in [6.45, 7) is 1.66. The van der Waals surface area contributed by atoms with Gasteiger partial charge in [-0.05, 0) is 55.3 Å². The minimum Gasteiger partial charge on any atom is -0.349 e. The molecule has 1 atom stereocenters. The van der Waals surface area contributed by atoms with Crippen LogP contribution in [0.4, 0.5) is 13.2 Å². The monoisotopic (exact) mass is 500 g/mol. The first kappa shape index (κ1) is 25.0. The van der Waals surface area contributed by atoms with E-state index in [-0.39, 0.29) is 43.6 Å². The molecule has 1 saturated heterocycles. The van der Waals surface area contributed by atoms with E-state index in [1.54, 1.807) is 6.07 Å². The molecule has 3 nitrogen and oxygen atoms in total. The Balaban J connectivity index is 1.80. The summed E-state index contributed by atoms with van der Waals surface area (Å²) in [6, 6.07) is 6.85. The van der Waals surface area contributed by atoms with Gasteiger partial charge in [0.05, 0.1) is 21.0 Å². The van der Waals surface area contributed by atoms with E-state index in [1.165, 1.54) is 18.2 Å². The molecule has 0 saturated carbocycles. The molecule has 1 aliphatic heterocycles. The van der Waals surface area contributed by atoms with Gasteiger partial charge in [0.1, 0.15) is 7.85 Å². The molecular formula is C22H19BCl3F3N2O. The highest BCUT2D eigenvalue weighted by Gasteiger charge is 2.39. The Hall–Kier alpha value is -1.67. The molecular weight excluding hydrogens is 482 g/mol. The number of hydrogen-bond donors (Lipinski definition) is 2. The summed E-state index contributed by atoms with van der Waals surface area (Å²) in [5.74, 6) is -2.26. The number of rotatable bonds is 5. The van der Waals surface area contributed by atoms with E-state index in [0.29, 0.717) is 5.56 Å². The molecule has 2 aromatic carbocycles. The lowest BCUT2D eigenvalue weighted by molar-refractivity contribution is -0.139. The number of carbonyl (C=O) groups is 1. The van der Waals surface area contributed by atoms with Gasteiger partial charge >= 0.3 is 6.18 Å². The maximum atomic E-state index is 13.7. The fourth-order valence-corrected chi connectivity index (χ4v) is 4.11. The Labute approximate surface area is 200 Å². The van der Waals surface area contributed by atoms with E-state index in [1.807, 2.05) is 0 Å². The molecule has 0 aliphatic carbocycles. The van der Waals surface area contributed by atoms with Gasteiger partial charge in [-0.2, -0.15) is 13.2 Å². The molecule has 10 heteroatoms. The Kier molecular flexibility index (Phi) is 8.20. The molecule has 0 aromatic heterocycles. The highest BCUT2D eigenvalue weighted by Crippen LogP contribution is 2.41. The zero-order chi connectivity index (χ0) is 23.5. The number of alkyl halides is 3. The molecule has 1 aliphatic rings. The lowest BCUT2D eigenvalue weighted by atomic mass is 9.87. The van der Waals surface area contributed by atoms with Crippen molar-refractivity contribution in [3.05, 3.63) is 68.2 Å². The number of amides is 1. The lowest BCUT2D eigenvalue weighted by Gasteiger charge is -2.24. The summed E-state index contributed by atoms with van der Waals surface area (Å²) in [5, 5.41) is 6.02. The van der Waals surface area contributed by atoms with Crippen LogP contribution in [0.25, 0.3) is 6.08 Å². The Bertz CT molecular complexity index is 1000. The van der Waals surface area contributed by atoms with Crippen LogP contribution in [0, 0.1) is 0 Å². The summed E-state index contributed by atoms with van der Waals surface area (Å²) in [4.78, 5) is 12.5. The molecule has 0 bridgehead atoms. The number of hydrogen-bond acceptors (Lipinski definition) is 2. The van der Waals surface area contributed by atoms with Gasteiger partial charge < -0.3 is 10.6 Å². The number of carbonyl (C=O) groups excluding carboxylic acids is 1.